The summed E-state index contributed by atoms with van der Waals surface area (Å²) in [5.74, 6) is -0.890. The molecule has 0 spiro atoms. The number of aliphatic hydroxyl groups is 1. The predicted molar refractivity (Wildman–Crippen MR) is 87.0 cm³/mol. The molecule has 5 nitrogen and oxygen atoms in total. The Morgan fingerprint density at radius 2 is 1.79 bits per heavy atom. The van der Waals surface area contributed by atoms with Crippen LogP contribution in [0.2, 0.25) is 0 Å². The van der Waals surface area contributed by atoms with E-state index >= 15 is 0 Å². The Hall–Kier alpha value is -1.95. The number of hydrogen-bond donors (Lipinski definition) is 1. The third kappa shape index (κ3) is 3.29. The molecule has 2 unspecified atom stereocenters. The number of aryl methyl sites for hydroxylation is 1. The second-order valence-electron chi connectivity index (χ2n) is 6.69. The molecule has 1 heterocycles. The van der Waals surface area contributed by atoms with E-state index in [-0.39, 0.29) is 23.5 Å². The van der Waals surface area contributed by atoms with Gasteiger partial charge < -0.3 is 14.9 Å². The van der Waals surface area contributed by atoms with E-state index in [0.29, 0.717) is 43.7 Å². The molecule has 1 saturated carbocycles. The smallest absolute Gasteiger partial charge is 0.254 e. The van der Waals surface area contributed by atoms with Crippen molar-refractivity contribution >= 4 is 11.8 Å². The summed E-state index contributed by atoms with van der Waals surface area (Å²) in [6.45, 7) is 3.45. The second-order valence-corrected chi connectivity index (χ2v) is 6.69. The Kier molecular flexibility index (Phi) is 4.85. The van der Waals surface area contributed by atoms with Crippen molar-refractivity contribution in [3.63, 3.8) is 0 Å². The molecule has 1 aliphatic carbocycles. The van der Waals surface area contributed by atoms with E-state index in [1.165, 1.54) is 6.07 Å². The van der Waals surface area contributed by atoms with Crippen LogP contribution >= 0.6 is 0 Å². The molecule has 24 heavy (non-hydrogen) atoms. The van der Waals surface area contributed by atoms with Gasteiger partial charge in [0.2, 0.25) is 5.91 Å². The lowest BCUT2D eigenvalue weighted by molar-refractivity contribution is -0.139. The number of carbonyl (C=O) groups excluding carboxylic acids is 2. The highest BCUT2D eigenvalue weighted by Crippen LogP contribution is 2.27. The topological polar surface area (TPSA) is 60.9 Å². The summed E-state index contributed by atoms with van der Waals surface area (Å²) in [5.41, 5.74) is 0.848. The predicted octanol–water partition coefficient (Wildman–Crippen LogP) is 1.58. The van der Waals surface area contributed by atoms with Crippen molar-refractivity contribution in [3.05, 3.63) is 35.1 Å². The van der Waals surface area contributed by atoms with Crippen LogP contribution in [0.1, 0.15) is 35.2 Å². The van der Waals surface area contributed by atoms with E-state index < -0.39 is 6.10 Å². The number of amides is 2. The summed E-state index contributed by atoms with van der Waals surface area (Å²) in [6.07, 6.45) is 1.78. The number of benzene rings is 1. The summed E-state index contributed by atoms with van der Waals surface area (Å²) < 4.78 is 13.6. The second kappa shape index (κ2) is 6.89. The number of aliphatic hydroxyl groups excluding tert-OH is 1. The lowest BCUT2D eigenvalue weighted by Crippen LogP contribution is -2.52. The zero-order chi connectivity index (χ0) is 17.3. The molecule has 1 aliphatic heterocycles. The number of halogens is 1. The Morgan fingerprint density at radius 3 is 2.38 bits per heavy atom. The van der Waals surface area contributed by atoms with Crippen LogP contribution < -0.4 is 0 Å². The van der Waals surface area contributed by atoms with E-state index in [1.54, 1.807) is 28.9 Å². The SMILES string of the molecule is Cc1ccc(C(=O)N2CCN(C(=O)C3CCCC3O)CC2)cc1F. The van der Waals surface area contributed by atoms with E-state index in [4.69, 9.17) is 0 Å². The summed E-state index contributed by atoms with van der Waals surface area (Å²) in [4.78, 5) is 28.3. The first kappa shape index (κ1) is 16.9. The van der Waals surface area contributed by atoms with E-state index in [0.717, 1.165) is 12.8 Å². The molecule has 0 bridgehead atoms. The summed E-state index contributed by atoms with van der Waals surface area (Å²) in [7, 11) is 0. The van der Waals surface area contributed by atoms with Gasteiger partial charge in [-0.15, -0.1) is 0 Å². The quantitative estimate of drug-likeness (QED) is 0.893. The van der Waals surface area contributed by atoms with Gasteiger partial charge in [0, 0.05) is 31.7 Å². The molecular weight excluding hydrogens is 311 g/mol. The number of nitrogens with zero attached hydrogens (tertiary/aromatic N) is 2. The molecule has 2 fully saturated rings. The Bertz CT molecular complexity index is 641. The third-order valence-electron chi connectivity index (χ3n) is 5.09. The first-order valence-corrected chi connectivity index (χ1v) is 8.49. The molecule has 1 aromatic carbocycles. The number of hydrogen-bond acceptors (Lipinski definition) is 3. The number of carbonyl (C=O) groups is 2. The van der Waals surface area contributed by atoms with Crippen molar-refractivity contribution in [1.82, 2.24) is 9.80 Å². The van der Waals surface area contributed by atoms with Gasteiger partial charge in [0.25, 0.3) is 5.91 Å². The minimum absolute atomic E-state index is 0.00604. The van der Waals surface area contributed by atoms with Crippen LogP contribution in [-0.2, 0) is 4.79 Å². The van der Waals surface area contributed by atoms with Crippen molar-refractivity contribution in [2.24, 2.45) is 5.92 Å². The summed E-state index contributed by atoms with van der Waals surface area (Å²) >= 11 is 0. The Labute approximate surface area is 141 Å². The summed E-state index contributed by atoms with van der Waals surface area (Å²) in [5, 5.41) is 9.88. The largest absolute Gasteiger partial charge is 0.392 e. The number of piperazine rings is 1. The fraction of sp³-hybridized carbons (Fsp3) is 0.556. The zero-order valence-electron chi connectivity index (χ0n) is 13.9. The Morgan fingerprint density at radius 1 is 1.12 bits per heavy atom. The van der Waals surface area contributed by atoms with Gasteiger partial charge in [0.15, 0.2) is 0 Å². The first-order valence-electron chi connectivity index (χ1n) is 8.49. The molecule has 1 aromatic rings. The monoisotopic (exact) mass is 334 g/mol. The van der Waals surface area contributed by atoms with Crippen molar-refractivity contribution < 1.29 is 19.1 Å². The van der Waals surface area contributed by atoms with Gasteiger partial charge in [-0.1, -0.05) is 6.07 Å². The Balaban J connectivity index is 1.59. The average molecular weight is 334 g/mol. The molecule has 1 N–H and O–H groups in total. The van der Waals surface area contributed by atoms with Crippen molar-refractivity contribution in [3.8, 4) is 0 Å². The van der Waals surface area contributed by atoms with Gasteiger partial charge in [0.05, 0.1) is 12.0 Å². The van der Waals surface area contributed by atoms with E-state index in [1.807, 2.05) is 0 Å². The van der Waals surface area contributed by atoms with Crippen molar-refractivity contribution in [2.45, 2.75) is 32.3 Å². The van der Waals surface area contributed by atoms with Crippen LogP contribution in [0.25, 0.3) is 0 Å². The molecule has 0 aromatic heterocycles. The van der Waals surface area contributed by atoms with Gasteiger partial charge in [-0.2, -0.15) is 0 Å². The van der Waals surface area contributed by atoms with Crippen LogP contribution in [0.5, 0.6) is 0 Å². The van der Waals surface area contributed by atoms with Crippen LogP contribution in [0, 0.1) is 18.7 Å². The highest BCUT2D eigenvalue weighted by Gasteiger charge is 2.35. The van der Waals surface area contributed by atoms with Crippen LogP contribution in [0.3, 0.4) is 0 Å². The average Bonchev–Trinajstić information content (AvgIpc) is 3.02. The van der Waals surface area contributed by atoms with E-state index in [2.05, 4.69) is 0 Å². The van der Waals surface area contributed by atoms with E-state index in [9.17, 15) is 19.1 Å². The zero-order valence-corrected chi connectivity index (χ0v) is 13.9. The minimum Gasteiger partial charge on any atom is -0.392 e. The summed E-state index contributed by atoms with van der Waals surface area (Å²) in [6, 6.07) is 4.50. The standard InChI is InChI=1S/C18H23FN2O3/c1-12-5-6-13(11-15(12)19)17(23)20-7-9-21(10-8-20)18(24)14-3-2-4-16(14)22/h5-6,11,14,16,22H,2-4,7-10H2,1H3. The van der Waals surface area contributed by atoms with Crippen LogP contribution in [0.15, 0.2) is 18.2 Å². The molecule has 2 amide bonds. The van der Waals surface area contributed by atoms with Gasteiger partial charge in [0.1, 0.15) is 5.82 Å². The van der Waals surface area contributed by atoms with Gasteiger partial charge >= 0.3 is 0 Å². The minimum atomic E-state index is -0.535. The van der Waals surface area contributed by atoms with Gasteiger partial charge in [-0.25, -0.2) is 4.39 Å². The highest BCUT2D eigenvalue weighted by molar-refractivity contribution is 5.94. The normalized spacial score (nSPS) is 24.3. The molecule has 0 radical (unpaired) electrons. The lowest BCUT2D eigenvalue weighted by atomic mass is 10.0. The first-order chi connectivity index (χ1) is 11.5. The molecule has 2 aliphatic rings. The lowest BCUT2D eigenvalue weighted by Gasteiger charge is -2.36. The molecule has 1 saturated heterocycles. The maximum Gasteiger partial charge on any atom is 0.254 e. The van der Waals surface area contributed by atoms with Gasteiger partial charge in [-0.05, 0) is 43.9 Å². The molecule has 2 atom stereocenters. The van der Waals surface area contributed by atoms with Crippen molar-refractivity contribution in [1.29, 1.82) is 0 Å². The maximum atomic E-state index is 13.6. The number of rotatable bonds is 2. The van der Waals surface area contributed by atoms with Crippen LogP contribution in [0.4, 0.5) is 4.39 Å². The molecule has 3 rings (SSSR count). The highest BCUT2D eigenvalue weighted by atomic mass is 19.1. The fourth-order valence-electron chi connectivity index (χ4n) is 3.50. The van der Waals surface area contributed by atoms with Crippen LogP contribution in [-0.4, -0.2) is 59.0 Å². The maximum absolute atomic E-state index is 13.6. The molecule has 6 heteroatoms. The fourth-order valence-corrected chi connectivity index (χ4v) is 3.50. The van der Waals surface area contributed by atoms with Crippen molar-refractivity contribution in [2.75, 3.05) is 26.2 Å². The van der Waals surface area contributed by atoms with Gasteiger partial charge in [-0.3, -0.25) is 9.59 Å². The molecular formula is C18H23FN2O3. The molecule has 130 valence electrons. The third-order valence-corrected chi connectivity index (χ3v) is 5.09.